The second-order valence-corrected chi connectivity index (χ2v) is 2.20. The predicted molar refractivity (Wildman–Crippen MR) is 39.2 cm³/mol. The van der Waals surface area contributed by atoms with E-state index in [-0.39, 0.29) is 13.0 Å². The third kappa shape index (κ3) is 7.19. The van der Waals surface area contributed by atoms with Gasteiger partial charge in [-0.05, 0) is 0 Å². The van der Waals surface area contributed by atoms with Crippen molar-refractivity contribution in [1.82, 2.24) is 10.6 Å². The molecule has 0 aliphatic carbocycles. The summed E-state index contributed by atoms with van der Waals surface area (Å²) >= 11 is 0. The topological polar surface area (TPSA) is 67.4 Å². The van der Waals surface area contributed by atoms with Crippen molar-refractivity contribution in [2.45, 2.75) is 12.7 Å². The molecule has 0 rings (SSSR count). The summed E-state index contributed by atoms with van der Waals surface area (Å²) in [4.78, 5) is 20.9. The van der Waals surface area contributed by atoms with Crippen LogP contribution in [0.25, 0.3) is 0 Å². The zero-order valence-corrected chi connectivity index (χ0v) is 7.27. The maximum absolute atomic E-state index is 11.5. The van der Waals surface area contributed by atoms with Gasteiger partial charge in [-0.1, -0.05) is 0 Å². The van der Waals surface area contributed by atoms with E-state index in [1.165, 1.54) is 0 Å². The lowest BCUT2D eigenvalue weighted by atomic mass is 10.4. The molecule has 0 fully saturated rings. The molecular weight excluding hydrogens is 205 g/mol. The van der Waals surface area contributed by atoms with Gasteiger partial charge in [-0.2, -0.15) is 13.2 Å². The molecule has 82 valence electrons. The van der Waals surface area contributed by atoms with E-state index in [2.05, 4.69) is 4.74 Å². The van der Waals surface area contributed by atoms with Gasteiger partial charge in [0.2, 0.25) is 0 Å². The molecule has 0 spiro atoms. The first kappa shape index (κ1) is 12.5. The fourth-order valence-corrected chi connectivity index (χ4v) is 0.553. The zero-order chi connectivity index (χ0) is 11.2. The van der Waals surface area contributed by atoms with Crippen LogP contribution in [0.2, 0.25) is 0 Å². The molecule has 0 aliphatic heterocycles. The van der Waals surface area contributed by atoms with Gasteiger partial charge in [0.15, 0.2) is 0 Å². The molecule has 0 atom stereocenters. The molecule has 0 bridgehead atoms. The van der Waals surface area contributed by atoms with Crippen LogP contribution >= 0.6 is 0 Å². The lowest BCUT2D eigenvalue weighted by Gasteiger charge is -2.09. The van der Waals surface area contributed by atoms with E-state index in [4.69, 9.17) is 0 Å². The fourth-order valence-electron chi connectivity index (χ4n) is 0.553. The lowest BCUT2D eigenvalue weighted by Crippen LogP contribution is -2.44. The molecule has 14 heavy (non-hydrogen) atoms. The van der Waals surface area contributed by atoms with Crippen LogP contribution in [0.15, 0.2) is 0 Å². The number of hydrogen-bond donors (Lipinski definition) is 2. The Labute approximate surface area is 77.6 Å². The van der Waals surface area contributed by atoms with Gasteiger partial charge in [0, 0.05) is 6.54 Å². The van der Waals surface area contributed by atoms with Crippen LogP contribution in [0.5, 0.6) is 0 Å². The predicted octanol–water partition coefficient (Wildman–Crippen LogP) is 0.369. The Morgan fingerprint density at radius 2 is 1.93 bits per heavy atom. The summed E-state index contributed by atoms with van der Waals surface area (Å²) in [5.41, 5.74) is 0. The SMILES string of the molecule is COC(=O)CCNC(=O)NC(F)(F)F. The van der Waals surface area contributed by atoms with Gasteiger partial charge in [0.25, 0.3) is 0 Å². The van der Waals surface area contributed by atoms with Crippen LogP contribution in [0.1, 0.15) is 6.42 Å². The molecule has 5 nitrogen and oxygen atoms in total. The highest BCUT2D eigenvalue weighted by Crippen LogP contribution is 2.08. The number of halogens is 3. The number of hydrogen-bond acceptors (Lipinski definition) is 3. The standard InChI is InChI=1S/C6H9F3N2O3/c1-14-4(12)2-3-10-5(13)11-6(7,8)9/h2-3H2,1H3,(H2,10,11,13). The van der Waals surface area contributed by atoms with Gasteiger partial charge >= 0.3 is 18.3 Å². The van der Waals surface area contributed by atoms with E-state index in [0.29, 0.717) is 5.32 Å². The van der Waals surface area contributed by atoms with Crippen LogP contribution in [0.3, 0.4) is 0 Å². The van der Waals surface area contributed by atoms with E-state index in [1.807, 2.05) is 5.32 Å². The summed E-state index contributed by atoms with van der Waals surface area (Å²) in [6.45, 7) is -0.214. The molecule has 2 amide bonds. The molecule has 8 heteroatoms. The van der Waals surface area contributed by atoms with E-state index in [0.717, 1.165) is 7.11 Å². The number of amides is 2. The Balaban J connectivity index is 3.60. The van der Waals surface area contributed by atoms with Gasteiger partial charge in [-0.15, -0.1) is 0 Å². The smallest absolute Gasteiger partial charge is 0.469 e. The molecule has 0 aromatic carbocycles. The quantitative estimate of drug-likeness (QED) is 0.526. The summed E-state index contributed by atoms with van der Waals surface area (Å²) in [7, 11) is 1.14. The molecule has 0 saturated carbocycles. The number of rotatable bonds is 3. The van der Waals surface area contributed by atoms with Crippen molar-refractivity contribution in [3.63, 3.8) is 0 Å². The van der Waals surface area contributed by atoms with E-state index in [1.54, 1.807) is 0 Å². The Kier molecular flexibility index (Phi) is 4.74. The molecule has 0 unspecified atom stereocenters. The Morgan fingerprint density at radius 3 is 2.36 bits per heavy atom. The minimum Gasteiger partial charge on any atom is -0.469 e. The van der Waals surface area contributed by atoms with Gasteiger partial charge in [0.05, 0.1) is 13.5 Å². The molecule has 0 aliphatic rings. The lowest BCUT2D eigenvalue weighted by molar-refractivity contribution is -0.145. The molecule has 0 radical (unpaired) electrons. The third-order valence-corrected chi connectivity index (χ3v) is 1.10. The van der Waals surface area contributed by atoms with Crippen LogP contribution < -0.4 is 10.6 Å². The monoisotopic (exact) mass is 214 g/mol. The number of alkyl halides is 3. The zero-order valence-electron chi connectivity index (χ0n) is 7.27. The Hall–Kier alpha value is -1.47. The van der Waals surface area contributed by atoms with Crippen molar-refractivity contribution in [3.05, 3.63) is 0 Å². The number of carbonyl (C=O) groups excluding carboxylic acids is 2. The van der Waals surface area contributed by atoms with Crippen LogP contribution in [0, 0.1) is 0 Å². The maximum Gasteiger partial charge on any atom is 0.485 e. The number of methoxy groups -OCH3 is 1. The van der Waals surface area contributed by atoms with Gasteiger partial charge in [-0.25, -0.2) is 10.1 Å². The van der Waals surface area contributed by atoms with Gasteiger partial charge < -0.3 is 10.1 Å². The molecule has 0 aromatic heterocycles. The van der Waals surface area contributed by atoms with Crippen molar-refractivity contribution < 1.29 is 27.5 Å². The first-order valence-electron chi connectivity index (χ1n) is 3.54. The molecule has 0 heterocycles. The first-order chi connectivity index (χ1) is 6.35. The van der Waals surface area contributed by atoms with E-state index < -0.39 is 18.3 Å². The average molecular weight is 214 g/mol. The maximum atomic E-state index is 11.5. The Morgan fingerprint density at radius 1 is 1.36 bits per heavy atom. The van der Waals surface area contributed by atoms with Crippen molar-refractivity contribution >= 4 is 12.0 Å². The van der Waals surface area contributed by atoms with Crippen molar-refractivity contribution in [3.8, 4) is 0 Å². The fraction of sp³-hybridized carbons (Fsp3) is 0.667. The van der Waals surface area contributed by atoms with Gasteiger partial charge in [0.1, 0.15) is 0 Å². The van der Waals surface area contributed by atoms with Crippen LogP contribution in [-0.2, 0) is 9.53 Å². The summed E-state index contributed by atoms with van der Waals surface area (Å²) in [6.07, 6.45) is -4.95. The summed E-state index contributed by atoms with van der Waals surface area (Å²) in [6, 6.07) is -1.40. The van der Waals surface area contributed by atoms with E-state index >= 15 is 0 Å². The number of ether oxygens (including phenoxy) is 1. The van der Waals surface area contributed by atoms with Crippen molar-refractivity contribution in [1.29, 1.82) is 0 Å². The third-order valence-electron chi connectivity index (χ3n) is 1.10. The second-order valence-electron chi connectivity index (χ2n) is 2.20. The molecule has 0 saturated heterocycles. The minimum absolute atomic E-state index is 0.179. The molecule has 0 aromatic rings. The number of carbonyl (C=O) groups is 2. The average Bonchev–Trinajstić information content (AvgIpc) is 2.00. The van der Waals surface area contributed by atoms with Crippen molar-refractivity contribution in [2.24, 2.45) is 0 Å². The normalized spacial score (nSPS) is 10.6. The van der Waals surface area contributed by atoms with E-state index in [9.17, 15) is 22.8 Å². The number of urea groups is 1. The summed E-state index contributed by atoms with van der Waals surface area (Å²) < 4.78 is 38.7. The minimum atomic E-state index is -4.77. The summed E-state index contributed by atoms with van der Waals surface area (Å²) in [5, 5.41) is 2.54. The van der Waals surface area contributed by atoms with Gasteiger partial charge in [-0.3, -0.25) is 4.79 Å². The summed E-state index contributed by atoms with van der Waals surface area (Å²) in [5.74, 6) is -0.614. The Bertz CT molecular complexity index is 217. The largest absolute Gasteiger partial charge is 0.485 e. The first-order valence-corrected chi connectivity index (χ1v) is 3.54. The highest BCUT2D eigenvalue weighted by Gasteiger charge is 2.29. The number of nitrogens with one attached hydrogen (secondary N) is 2. The van der Waals surface area contributed by atoms with Crippen LogP contribution in [-0.4, -0.2) is 32.0 Å². The highest BCUT2D eigenvalue weighted by molar-refractivity contribution is 5.75. The number of esters is 1. The second kappa shape index (κ2) is 5.30. The molecular formula is C6H9F3N2O3. The highest BCUT2D eigenvalue weighted by atomic mass is 19.4. The van der Waals surface area contributed by atoms with Crippen LogP contribution in [0.4, 0.5) is 18.0 Å². The van der Waals surface area contributed by atoms with Crippen molar-refractivity contribution in [2.75, 3.05) is 13.7 Å². The molecule has 2 N–H and O–H groups in total.